The Bertz CT molecular complexity index is 1480. The normalized spacial score (nSPS) is 11.1. The number of pyridine rings is 2. The summed E-state index contributed by atoms with van der Waals surface area (Å²) in [6.45, 7) is 1.88. The van der Waals surface area contributed by atoms with Gasteiger partial charge in [0.2, 0.25) is 6.41 Å². The molecule has 0 aliphatic rings. The Morgan fingerprint density at radius 1 is 1.11 bits per heavy atom. The van der Waals surface area contributed by atoms with E-state index in [9.17, 15) is 14.0 Å². The SMILES string of the molecule is Cc1ccc(CNC(=O)c2cccnc2Nc2cccc(-c3cccn(C)/c3=N\NC=O)c2)cc1F. The number of amides is 2. The fourth-order valence-corrected chi connectivity index (χ4v) is 3.67. The molecule has 36 heavy (non-hydrogen) atoms. The molecule has 0 aliphatic heterocycles. The van der Waals surface area contributed by atoms with Gasteiger partial charge in [0, 0.05) is 37.2 Å². The Morgan fingerprint density at radius 3 is 2.78 bits per heavy atom. The Morgan fingerprint density at radius 2 is 1.97 bits per heavy atom. The van der Waals surface area contributed by atoms with Crippen LogP contribution < -0.4 is 21.5 Å². The number of aryl methyl sites for hydroxylation is 2. The van der Waals surface area contributed by atoms with Crippen molar-refractivity contribution < 1.29 is 14.0 Å². The molecule has 0 fully saturated rings. The first-order chi connectivity index (χ1) is 17.5. The van der Waals surface area contributed by atoms with Crippen molar-refractivity contribution >= 4 is 23.8 Å². The molecule has 2 aromatic heterocycles. The highest BCUT2D eigenvalue weighted by atomic mass is 19.1. The fourth-order valence-electron chi connectivity index (χ4n) is 3.67. The molecule has 182 valence electrons. The van der Waals surface area contributed by atoms with Crippen molar-refractivity contribution in [3.05, 3.63) is 107 Å². The van der Waals surface area contributed by atoms with Crippen LogP contribution in [0.2, 0.25) is 0 Å². The number of halogens is 1. The minimum atomic E-state index is -0.334. The van der Waals surface area contributed by atoms with Crippen molar-refractivity contribution in [1.82, 2.24) is 20.3 Å². The number of aromatic nitrogens is 2. The van der Waals surface area contributed by atoms with Gasteiger partial charge in [-0.05, 0) is 66.1 Å². The highest BCUT2D eigenvalue weighted by molar-refractivity contribution is 5.99. The summed E-state index contributed by atoms with van der Waals surface area (Å²) in [5.74, 6) is -0.262. The van der Waals surface area contributed by atoms with Gasteiger partial charge in [-0.2, -0.15) is 5.10 Å². The Balaban J connectivity index is 1.57. The highest BCUT2D eigenvalue weighted by Gasteiger charge is 2.13. The molecule has 2 amide bonds. The third-order valence-corrected chi connectivity index (χ3v) is 5.55. The molecule has 0 radical (unpaired) electrons. The molecule has 2 heterocycles. The van der Waals surface area contributed by atoms with Gasteiger partial charge in [0.25, 0.3) is 5.91 Å². The summed E-state index contributed by atoms with van der Waals surface area (Å²) in [6, 6.07) is 19.6. The number of carbonyl (C=O) groups is 2. The number of hydrogen-bond acceptors (Lipinski definition) is 5. The molecule has 3 N–H and O–H groups in total. The zero-order valence-corrected chi connectivity index (χ0v) is 19.8. The van der Waals surface area contributed by atoms with Gasteiger partial charge in [0.15, 0.2) is 5.49 Å². The molecule has 0 unspecified atom stereocenters. The van der Waals surface area contributed by atoms with Gasteiger partial charge in [0.05, 0.1) is 5.56 Å². The summed E-state index contributed by atoms with van der Waals surface area (Å²) in [5.41, 5.74) is 6.87. The lowest BCUT2D eigenvalue weighted by atomic mass is 10.1. The number of carbonyl (C=O) groups excluding carboxylic acids is 2. The Hall–Kier alpha value is -4.79. The first-order valence-corrected chi connectivity index (χ1v) is 11.2. The van der Waals surface area contributed by atoms with Crippen molar-refractivity contribution in [3.8, 4) is 11.1 Å². The van der Waals surface area contributed by atoms with Crippen molar-refractivity contribution in [2.45, 2.75) is 13.5 Å². The number of rotatable bonds is 8. The van der Waals surface area contributed by atoms with Gasteiger partial charge in [-0.15, -0.1) is 0 Å². The minimum absolute atomic E-state index is 0.186. The van der Waals surface area contributed by atoms with Crippen LogP contribution in [0.25, 0.3) is 11.1 Å². The lowest BCUT2D eigenvalue weighted by Gasteiger charge is -2.13. The predicted molar refractivity (Wildman–Crippen MR) is 135 cm³/mol. The van der Waals surface area contributed by atoms with Crippen molar-refractivity contribution in [3.63, 3.8) is 0 Å². The smallest absolute Gasteiger partial charge is 0.255 e. The van der Waals surface area contributed by atoms with E-state index in [-0.39, 0.29) is 18.3 Å². The average molecular weight is 485 g/mol. The number of nitrogens with zero attached hydrogens (tertiary/aromatic N) is 3. The van der Waals surface area contributed by atoms with Gasteiger partial charge in [-0.1, -0.05) is 24.3 Å². The van der Waals surface area contributed by atoms with E-state index >= 15 is 0 Å². The molecular formula is C27H25FN6O2. The Labute approximate surface area is 207 Å². The second-order valence-electron chi connectivity index (χ2n) is 8.09. The first kappa shape index (κ1) is 24.3. The summed E-state index contributed by atoms with van der Waals surface area (Å²) in [6.07, 6.45) is 3.94. The largest absolute Gasteiger partial charge is 0.348 e. The van der Waals surface area contributed by atoms with Gasteiger partial charge < -0.3 is 15.2 Å². The highest BCUT2D eigenvalue weighted by Crippen LogP contribution is 2.24. The summed E-state index contributed by atoms with van der Waals surface area (Å²) in [5, 5.41) is 10.2. The second-order valence-corrected chi connectivity index (χ2v) is 8.09. The van der Waals surface area contributed by atoms with E-state index in [0.717, 1.165) is 11.1 Å². The number of nitrogens with one attached hydrogen (secondary N) is 3. The minimum Gasteiger partial charge on any atom is -0.348 e. The maximum absolute atomic E-state index is 13.8. The molecule has 0 bridgehead atoms. The van der Waals surface area contributed by atoms with Crippen LogP contribution in [0.15, 0.2) is 84.2 Å². The van der Waals surface area contributed by atoms with Crippen LogP contribution in [0.5, 0.6) is 0 Å². The molecule has 0 spiro atoms. The molecule has 0 saturated heterocycles. The number of anilines is 2. The summed E-state index contributed by atoms with van der Waals surface area (Å²) >= 11 is 0. The zero-order chi connectivity index (χ0) is 25.5. The molecule has 4 aromatic rings. The fraction of sp³-hybridized carbons (Fsp3) is 0.111. The lowest BCUT2D eigenvalue weighted by Crippen LogP contribution is -2.24. The van der Waals surface area contributed by atoms with E-state index in [1.165, 1.54) is 6.07 Å². The zero-order valence-electron chi connectivity index (χ0n) is 19.8. The molecule has 0 aliphatic carbocycles. The van der Waals surface area contributed by atoms with Gasteiger partial charge >= 0.3 is 0 Å². The number of hydrogen-bond donors (Lipinski definition) is 3. The monoisotopic (exact) mass is 484 g/mol. The standard InChI is InChI=1S/C27H25FN6O2/c1-18-10-11-19(14-24(18)28)16-30-27(36)23-8-4-12-29-25(23)32-21-7-3-6-20(15-21)22-9-5-13-34(2)26(22)33-31-17-35/h3-15,17H,16H2,1-2H3,(H,29,32)(H,30,36)(H,31,35)/b33-26-. The van der Waals surface area contributed by atoms with Crippen LogP contribution in [0.3, 0.4) is 0 Å². The van der Waals surface area contributed by atoms with Crippen LogP contribution in [0.1, 0.15) is 21.5 Å². The second kappa shape index (κ2) is 11.1. The molecule has 0 atom stereocenters. The van der Waals surface area contributed by atoms with Gasteiger partial charge in [-0.3, -0.25) is 9.59 Å². The molecule has 0 saturated carbocycles. The van der Waals surface area contributed by atoms with Crippen molar-refractivity contribution in [2.24, 2.45) is 12.1 Å². The first-order valence-electron chi connectivity index (χ1n) is 11.2. The van der Waals surface area contributed by atoms with E-state index in [1.54, 1.807) is 42.0 Å². The molecule has 2 aromatic carbocycles. The molecule has 8 nitrogen and oxygen atoms in total. The molecule has 4 rings (SSSR count). The van der Waals surface area contributed by atoms with E-state index in [0.29, 0.717) is 40.1 Å². The lowest BCUT2D eigenvalue weighted by molar-refractivity contribution is -0.109. The Kier molecular flexibility index (Phi) is 7.50. The van der Waals surface area contributed by atoms with Crippen LogP contribution in [0, 0.1) is 12.7 Å². The average Bonchev–Trinajstić information content (AvgIpc) is 2.89. The third kappa shape index (κ3) is 5.64. The van der Waals surface area contributed by atoms with Crippen LogP contribution >= 0.6 is 0 Å². The third-order valence-electron chi connectivity index (χ3n) is 5.55. The van der Waals surface area contributed by atoms with Crippen molar-refractivity contribution in [2.75, 3.05) is 5.32 Å². The van der Waals surface area contributed by atoms with Crippen molar-refractivity contribution in [1.29, 1.82) is 0 Å². The summed E-state index contributed by atoms with van der Waals surface area (Å²) < 4.78 is 15.6. The number of benzene rings is 2. The topological polar surface area (TPSA) is 100 Å². The van der Waals surface area contributed by atoms with E-state index in [1.807, 2.05) is 49.6 Å². The van der Waals surface area contributed by atoms with Crippen LogP contribution in [-0.2, 0) is 18.4 Å². The predicted octanol–water partition coefficient (Wildman–Crippen LogP) is 3.77. The van der Waals surface area contributed by atoms with Crippen LogP contribution in [0.4, 0.5) is 15.9 Å². The summed E-state index contributed by atoms with van der Waals surface area (Å²) in [4.78, 5) is 28.0. The van der Waals surface area contributed by atoms with Gasteiger partial charge in [-0.25, -0.2) is 14.8 Å². The molecular weight excluding hydrogens is 459 g/mol. The van der Waals surface area contributed by atoms with E-state index in [2.05, 4.69) is 26.1 Å². The van der Waals surface area contributed by atoms with E-state index < -0.39 is 0 Å². The molecule has 9 heteroatoms. The summed E-state index contributed by atoms with van der Waals surface area (Å²) in [7, 11) is 1.83. The van der Waals surface area contributed by atoms with E-state index in [4.69, 9.17) is 0 Å². The van der Waals surface area contributed by atoms with Gasteiger partial charge in [0.1, 0.15) is 11.6 Å². The maximum atomic E-state index is 13.8. The maximum Gasteiger partial charge on any atom is 0.255 e. The van der Waals surface area contributed by atoms with Crippen LogP contribution in [-0.4, -0.2) is 21.9 Å². The quantitative estimate of drug-likeness (QED) is 0.262.